The number of rotatable bonds is 10. The van der Waals surface area contributed by atoms with E-state index in [-0.39, 0.29) is 12.4 Å². The number of hydrogen-bond donors (Lipinski definition) is 2. The quantitative estimate of drug-likeness (QED) is 0.632. The fourth-order valence-electron chi connectivity index (χ4n) is 2.18. The molecule has 0 spiro atoms. The van der Waals surface area contributed by atoms with Gasteiger partial charge in [-0.3, -0.25) is 0 Å². The van der Waals surface area contributed by atoms with E-state index in [1.54, 1.807) is 0 Å². The summed E-state index contributed by atoms with van der Waals surface area (Å²) in [5.74, 6) is -0.180. The summed E-state index contributed by atoms with van der Waals surface area (Å²) in [7, 11) is 0. The van der Waals surface area contributed by atoms with E-state index in [2.05, 4.69) is 12.2 Å². The maximum absolute atomic E-state index is 12.9. The minimum Gasteiger partial charge on any atom is -0.396 e. The molecule has 1 atom stereocenters. The molecular weight excluding hydrogens is 241 g/mol. The smallest absolute Gasteiger partial charge is 0.123 e. The summed E-state index contributed by atoms with van der Waals surface area (Å²) in [6.07, 6.45) is 6.42. The third-order valence-electron chi connectivity index (χ3n) is 3.34. The van der Waals surface area contributed by atoms with Gasteiger partial charge in [-0.25, -0.2) is 4.39 Å². The second-order valence-electron chi connectivity index (χ2n) is 4.98. The van der Waals surface area contributed by atoms with E-state index in [9.17, 15) is 4.39 Å². The van der Waals surface area contributed by atoms with Crippen LogP contribution in [0.1, 0.15) is 57.1 Å². The molecule has 0 bridgehead atoms. The Morgan fingerprint density at radius 2 is 1.84 bits per heavy atom. The lowest BCUT2D eigenvalue weighted by molar-refractivity contribution is 0.282. The Kier molecular flexibility index (Phi) is 8.43. The summed E-state index contributed by atoms with van der Waals surface area (Å²) < 4.78 is 12.9. The Hall–Kier alpha value is -0.930. The predicted octanol–water partition coefficient (Wildman–Crippen LogP) is 3.81. The normalized spacial score (nSPS) is 12.6. The van der Waals surface area contributed by atoms with Gasteiger partial charge in [0.15, 0.2) is 0 Å². The number of aliphatic hydroxyl groups is 1. The summed E-state index contributed by atoms with van der Waals surface area (Å²) in [6.45, 7) is 3.41. The average molecular weight is 267 g/mol. The van der Waals surface area contributed by atoms with Crippen LogP contribution in [0.2, 0.25) is 0 Å². The fraction of sp³-hybridized carbons (Fsp3) is 0.625. The number of benzene rings is 1. The molecule has 3 heteroatoms. The first-order valence-electron chi connectivity index (χ1n) is 7.37. The lowest BCUT2D eigenvalue weighted by atomic mass is 10.0. The van der Waals surface area contributed by atoms with Gasteiger partial charge in [0.05, 0.1) is 0 Å². The van der Waals surface area contributed by atoms with Gasteiger partial charge in [-0.1, -0.05) is 31.9 Å². The Bertz CT molecular complexity index is 326. The molecule has 1 aromatic carbocycles. The van der Waals surface area contributed by atoms with E-state index < -0.39 is 0 Å². The van der Waals surface area contributed by atoms with Crippen molar-refractivity contribution >= 4 is 0 Å². The highest BCUT2D eigenvalue weighted by Gasteiger charge is 2.10. The van der Waals surface area contributed by atoms with Crippen LogP contribution < -0.4 is 5.32 Å². The third-order valence-corrected chi connectivity index (χ3v) is 3.34. The zero-order valence-corrected chi connectivity index (χ0v) is 11.9. The highest BCUT2D eigenvalue weighted by atomic mass is 19.1. The third kappa shape index (κ3) is 6.69. The first-order chi connectivity index (χ1) is 9.27. The van der Waals surface area contributed by atoms with Gasteiger partial charge in [0.25, 0.3) is 0 Å². The van der Waals surface area contributed by atoms with Crippen LogP contribution in [0.25, 0.3) is 0 Å². The molecule has 0 aliphatic heterocycles. The van der Waals surface area contributed by atoms with Gasteiger partial charge in [0.2, 0.25) is 0 Å². The van der Waals surface area contributed by atoms with Crippen molar-refractivity contribution < 1.29 is 9.50 Å². The van der Waals surface area contributed by atoms with Crippen LogP contribution in [-0.4, -0.2) is 18.3 Å². The van der Waals surface area contributed by atoms with Crippen molar-refractivity contribution in [1.82, 2.24) is 5.32 Å². The Morgan fingerprint density at radius 1 is 1.11 bits per heavy atom. The zero-order chi connectivity index (χ0) is 13.9. The van der Waals surface area contributed by atoms with Crippen molar-refractivity contribution in [3.63, 3.8) is 0 Å². The van der Waals surface area contributed by atoms with Crippen LogP contribution in [0.5, 0.6) is 0 Å². The summed E-state index contributed by atoms with van der Waals surface area (Å²) in [5.41, 5.74) is 1.16. The summed E-state index contributed by atoms with van der Waals surface area (Å²) in [6, 6.07) is 7.12. The van der Waals surface area contributed by atoms with Crippen LogP contribution in [-0.2, 0) is 0 Å². The molecule has 0 radical (unpaired) electrons. The molecule has 1 aromatic rings. The minimum absolute atomic E-state index is 0.180. The molecule has 0 amide bonds. The molecule has 1 unspecified atom stereocenters. The van der Waals surface area contributed by atoms with Crippen molar-refractivity contribution in [3.8, 4) is 0 Å². The van der Waals surface area contributed by atoms with Crippen molar-refractivity contribution in [2.24, 2.45) is 0 Å². The van der Waals surface area contributed by atoms with Gasteiger partial charge in [0, 0.05) is 12.6 Å². The predicted molar refractivity (Wildman–Crippen MR) is 77.6 cm³/mol. The maximum Gasteiger partial charge on any atom is 0.123 e. The molecule has 0 aromatic heterocycles. The monoisotopic (exact) mass is 267 g/mol. The van der Waals surface area contributed by atoms with E-state index in [1.165, 1.54) is 25.0 Å². The van der Waals surface area contributed by atoms with E-state index in [0.29, 0.717) is 6.04 Å². The molecule has 0 saturated carbocycles. The number of nitrogens with one attached hydrogen (secondary N) is 1. The highest BCUT2D eigenvalue weighted by Crippen LogP contribution is 2.20. The standard InChI is InChI=1S/C16H26FNO/c1-2-3-7-16(18-12-5-4-6-13-19)14-8-10-15(17)11-9-14/h8-11,16,18-19H,2-7,12-13H2,1H3. The highest BCUT2D eigenvalue weighted by molar-refractivity contribution is 5.19. The van der Waals surface area contributed by atoms with Crippen LogP contribution in [0, 0.1) is 5.82 Å². The van der Waals surface area contributed by atoms with Crippen molar-refractivity contribution in [1.29, 1.82) is 0 Å². The molecule has 0 saturated heterocycles. The fourth-order valence-corrected chi connectivity index (χ4v) is 2.18. The van der Waals surface area contributed by atoms with Crippen molar-refractivity contribution in [2.45, 2.75) is 51.5 Å². The SMILES string of the molecule is CCCCC(NCCCCCO)c1ccc(F)cc1. The lowest BCUT2D eigenvalue weighted by Crippen LogP contribution is -2.22. The zero-order valence-electron chi connectivity index (χ0n) is 11.9. The van der Waals surface area contributed by atoms with Gasteiger partial charge < -0.3 is 10.4 Å². The topological polar surface area (TPSA) is 32.3 Å². The maximum atomic E-state index is 12.9. The summed E-state index contributed by atoms with van der Waals surface area (Å²) in [5, 5.41) is 12.3. The van der Waals surface area contributed by atoms with Crippen molar-refractivity contribution in [2.75, 3.05) is 13.2 Å². The Balaban J connectivity index is 2.44. The van der Waals surface area contributed by atoms with Crippen LogP contribution in [0.3, 0.4) is 0 Å². The number of unbranched alkanes of at least 4 members (excludes halogenated alkanes) is 3. The second kappa shape index (κ2) is 9.93. The van der Waals surface area contributed by atoms with Crippen molar-refractivity contribution in [3.05, 3.63) is 35.6 Å². The van der Waals surface area contributed by atoms with E-state index >= 15 is 0 Å². The van der Waals surface area contributed by atoms with Gasteiger partial charge >= 0.3 is 0 Å². The molecule has 0 aliphatic carbocycles. The van der Waals surface area contributed by atoms with Gasteiger partial charge in [-0.2, -0.15) is 0 Å². The molecule has 0 heterocycles. The second-order valence-corrected chi connectivity index (χ2v) is 4.98. The van der Waals surface area contributed by atoms with E-state index in [1.807, 2.05) is 12.1 Å². The molecule has 2 N–H and O–H groups in total. The van der Waals surface area contributed by atoms with Crippen LogP contribution in [0.4, 0.5) is 4.39 Å². The minimum atomic E-state index is -0.180. The molecule has 108 valence electrons. The Labute approximate surface area is 116 Å². The average Bonchev–Trinajstić information content (AvgIpc) is 2.43. The molecular formula is C16H26FNO. The molecule has 0 aliphatic rings. The molecule has 2 nitrogen and oxygen atoms in total. The van der Waals surface area contributed by atoms with Gasteiger partial charge in [-0.05, 0) is 49.9 Å². The van der Waals surface area contributed by atoms with Gasteiger partial charge in [0.1, 0.15) is 5.82 Å². The number of halogens is 1. The van der Waals surface area contributed by atoms with Crippen LogP contribution in [0.15, 0.2) is 24.3 Å². The molecule has 0 fully saturated rings. The lowest BCUT2D eigenvalue weighted by Gasteiger charge is -2.19. The molecule has 19 heavy (non-hydrogen) atoms. The van der Waals surface area contributed by atoms with Gasteiger partial charge in [-0.15, -0.1) is 0 Å². The Morgan fingerprint density at radius 3 is 2.47 bits per heavy atom. The largest absolute Gasteiger partial charge is 0.396 e. The van der Waals surface area contributed by atoms with E-state index in [4.69, 9.17) is 5.11 Å². The summed E-state index contributed by atoms with van der Waals surface area (Å²) in [4.78, 5) is 0. The first-order valence-corrected chi connectivity index (χ1v) is 7.37. The number of aliphatic hydroxyl groups excluding tert-OH is 1. The first kappa shape index (κ1) is 16.1. The van der Waals surface area contributed by atoms with E-state index in [0.717, 1.165) is 37.8 Å². The van der Waals surface area contributed by atoms with Crippen LogP contribution >= 0.6 is 0 Å². The number of hydrogen-bond acceptors (Lipinski definition) is 2. The molecule has 1 rings (SSSR count). The summed E-state index contributed by atoms with van der Waals surface area (Å²) >= 11 is 0.